The Bertz CT molecular complexity index is 1140. The summed E-state index contributed by atoms with van der Waals surface area (Å²) in [6.07, 6.45) is 0.884. The lowest BCUT2D eigenvalue weighted by Gasteiger charge is -2.32. The van der Waals surface area contributed by atoms with Gasteiger partial charge in [0.05, 0.1) is 11.5 Å². The number of anilines is 1. The predicted molar refractivity (Wildman–Crippen MR) is 125 cm³/mol. The molecule has 3 rings (SSSR count). The van der Waals surface area contributed by atoms with Crippen LogP contribution >= 0.6 is 0 Å². The number of hydrogen-bond donors (Lipinski definition) is 3. The van der Waals surface area contributed by atoms with Gasteiger partial charge in [-0.15, -0.1) is 0 Å². The summed E-state index contributed by atoms with van der Waals surface area (Å²) in [5.41, 5.74) is 5.75. The van der Waals surface area contributed by atoms with E-state index < -0.39 is 34.9 Å². The molecule has 0 fully saturated rings. The number of nitrogens with two attached hydrogens (primary N) is 1. The van der Waals surface area contributed by atoms with Crippen LogP contribution in [0.5, 0.6) is 0 Å². The Morgan fingerprint density at radius 1 is 1.09 bits per heavy atom. The fourth-order valence-corrected chi connectivity index (χ4v) is 4.53. The third-order valence-electron chi connectivity index (χ3n) is 6.28. The van der Waals surface area contributed by atoms with Gasteiger partial charge in [0.25, 0.3) is 0 Å². The van der Waals surface area contributed by atoms with E-state index in [0.717, 1.165) is 5.56 Å². The fraction of sp³-hybridized carbons (Fsp3) is 0.385. The third-order valence-corrected chi connectivity index (χ3v) is 6.28. The molecule has 2 atom stereocenters. The van der Waals surface area contributed by atoms with Gasteiger partial charge >= 0.3 is 5.97 Å². The van der Waals surface area contributed by atoms with Crippen molar-refractivity contribution in [3.05, 3.63) is 64.2 Å². The molecule has 7 heteroatoms. The highest BCUT2D eigenvalue weighted by atomic mass is 16.4. The van der Waals surface area contributed by atoms with Gasteiger partial charge in [-0.3, -0.25) is 19.2 Å². The molecule has 4 N–H and O–H groups in total. The molecule has 0 saturated carbocycles. The molecule has 0 aliphatic heterocycles. The number of ketones is 2. The third kappa shape index (κ3) is 3.92. The Kier molecular flexibility index (Phi) is 6.72. The lowest BCUT2D eigenvalue weighted by Crippen LogP contribution is -2.54. The first-order valence-electron chi connectivity index (χ1n) is 11.3. The molecule has 0 saturated heterocycles. The van der Waals surface area contributed by atoms with Gasteiger partial charge < -0.3 is 16.2 Å². The van der Waals surface area contributed by atoms with Crippen LogP contribution in [0.15, 0.2) is 36.4 Å². The average Bonchev–Trinajstić information content (AvgIpc) is 2.97. The molecule has 1 amide bonds. The summed E-state index contributed by atoms with van der Waals surface area (Å²) in [5, 5.41) is 12.6. The van der Waals surface area contributed by atoms with Crippen LogP contribution in [0.2, 0.25) is 0 Å². The van der Waals surface area contributed by atoms with Gasteiger partial charge in [-0.1, -0.05) is 58.0 Å². The second-order valence-corrected chi connectivity index (χ2v) is 8.78. The van der Waals surface area contributed by atoms with Crippen molar-refractivity contribution in [2.24, 2.45) is 0 Å². The van der Waals surface area contributed by atoms with E-state index in [4.69, 9.17) is 5.73 Å². The number of carbonyl (C=O) groups excluding carboxylic acids is 3. The second kappa shape index (κ2) is 9.17. The summed E-state index contributed by atoms with van der Waals surface area (Å²) >= 11 is 0. The molecule has 1 aliphatic rings. The summed E-state index contributed by atoms with van der Waals surface area (Å²) in [7, 11) is 0. The van der Waals surface area contributed by atoms with Gasteiger partial charge in [0, 0.05) is 17.7 Å². The van der Waals surface area contributed by atoms with Crippen molar-refractivity contribution in [1.82, 2.24) is 5.32 Å². The number of carboxylic acids is 1. The SMILES string of the molecule is CCCC(=O)NC1(c2ccc(C(C)C)cc2C(CC)C(=O)O)C(=O)c2cccc(N)c2C1=O. The number of aliphatic carboxylic acids is 1. The van der Waals surface area contributed by atoms with Crippen LogP contribution in [0.3, 0.4) is 0 Å². The van der Waals surface area contributed by atoms with Gasteiger partial charge in [-0.05, 0) is 41.5 Å². The van der Waals surface area contributed by atoms with Crippen LogP contribution < -0.4 is 11.1 Å². The number of carbonyl (C=O) groups is 4. The molecule has 0 bridgehead atoms. The highest BCUT2D eigenvalue weighted by Crippen LogP contribution is 2.44. The van der Waals surface area contributed by atoms with E-state index in [-0.39, 0.29) is 41.1 Å². The summed E-state index contributed by atoms with van der Waals surface area (Å²) in [6, 6.07) is 9.75. The van der Waals surface area contributed by atoms with E-state index >= 15 is 0 Å². The molecule has 0 aromatic heterocycles. The number of fused-ring (bicyclic) bond motifs is 1. The summed E-state index contributed by atoms with van der Waals surface area (Å²) in [4.78, 5) is 52.7. The Morgan fingerprint density at radius 3 is 2.33 bits per heavy atom. The molecule has 0 heterocycles. The van der Waals surface area contributed by atoms with Gasteiger partial charge in [-0.2, -0.15) is 0 Å². The molecule has 2 aromatic carbocycles. The van der Waals surface area contributed by atoms with Crippen LogP contribution in [0.25, 0.3) is 0 Å². The number of Topliss-reactive ketones (excluding diaryl/α,β-unsaturated/α-hetero) is 2. The number of amides is 1. The molecule has 2 unspecified atom stereocenters. The first-order chi connectivity index (χ1) is 15.6. The highest BCUT2D eigenvalue weighted by Gasteiger charge is 2.57. The maximum atomic E-state index is 13.9. The average molecular weight is 451 g/mol. The first kappa shape index (κ1) is 24.2. The van der Waals surface area contributed by atoms with Crippen LogP contribution in [-0.4, -0.2) is 28.5 Å². The van der Waals surface area contributed by atoms with Crippen molar-refractivity contribution in [1.29, 1.82) is 0 Å². The van der Waals surface area contributed by atoms with Crippen LogP contribution in [0.4, 0.5) is 5.69 Å². The Hall–Kier alpha value is -3.48. The molecule has 174 valence electrons. The zero-order valence-corrected chi connectivity index (χ0v) is 19.4. The van der Waals surface area contributed by atoms with E-state index in [9.17, 15) is 24.3 Å². The van der Waals surface area contributed by atoms with Crippen LogP contribution in [0, 0.1) is 0 Å². The largest absolute Gasteiger partial charge is 0.481 e. The number of benzene rings is 2. The molecule has 7 nitrogen and oxygen atoms in total. The molecule has 33 heavy (non-hydrogen) atoms. The molecule has 2 aromatic rings. The van der Waals surface area contributed by atoms with Crippen molar-refractivity contribution >= 4 is 29.1 Å². The van der Waals surface area contributed by atoms with Gasteiger partial charge in [-0.25, -0.2) is 0 Å². The van der Waals surface area contributed by atoms with Crippen molar-refractivity contribution in [3.63, 3.8) is 0 Å². The van der Waals surface area contributed by atoms with Crippen LogP contribution in [-0.2, 0) is 15.1 Å². The van der Waals surface area contributed by atoms with Gasteiger partial charge in [0.15, 0.2) is 5.54 Å². The first-order valence-corrected chi connectivity index (χ1v) is 11.3. The fourth-order valence-electron chi connectivity index (χ4n) is 4.53. The minimum atomic E-state index is -2.06. The van der Waals surface area contributed by atoms with E-state index in [1.165, 1.54) is 12.1 Å². The maximum absolute atomic E-state index is 13.9. The Labute approximate surface area is 193 Å². The minimum absolute atomic E-state index is 0.0570. The number of rotatable bonds is 8. The van der Waals surface area contributed by atoms with E-state index in [2.05, 4.69) is 5.32 Å². The lowest BCUT2D eigenvalue weighted by molar-refractivity contribution is -0.138. The maximum Gasteiger partial charge on any atom is 0.310 e. The van der Waals surface area contributed by atoms with Crippen molar-refractivity contribution in [3.8, 4) is 0 Å². The molecular formula is C26H30N2O5. The van der Waals surface area contributed by atoms with Crippen molar-refractivity contribution in [2.45, 2.75) is 64.3 Å². The molecular weight excluding hydrogens is 420 g/mol. The van der Waals surface area contributed by atoms with Crippen LogP contribution in [0.1, 0.15) is 96.2 Å². The summed E-state index contributed by atoms with van der Waals surface area (Å²) in [6.45, 7) is 7.50. The summed E-state index contributed by atoms with van der Waals surface area (Å²) in [5.74, 6) is -3.63. The molecule has 0 spiro atoms. The Balaban J connectivity index is 2.38. The minimum Gasteiger partial charge on any atom is -0.481 e. The molecule has 0 radical (unpaired) electrons. The standard InChI is InChI=1S/C26H30N2O5/c1-5-8-21(29)28-26(23(30)17-9-7-10-20(27)22(17)24(26)31)19-12-11-15(14(3)4)13-18(19)16(6-2)25(32)33/h7,9-14,16H,5-6,8,27H2,1-4H3,(H,28,29)(H,32,33). The summed E-state index contributed by atoms with van der Waals surface area (Å²) < 4.78 is 0. The van der Waals surface area contributed by atoms with E-state index in [0.29, 0.717) is 12.0 Å². The van der Waals surface area contributed by atoms with E-state index in [1.54, 1.807) is 31.2 Å². The normalized spacial score (nSPS) is 18.3. The number of nitrogens with one attached hydrogen (secondary N) is 1. The Morgan fingerprint density at radius 2 is 1.79 bits per heavy atom. The monoisotopic (exact) mass is 450 g/mol. The number of nitrogen functional groups attached to an aromatic ring is 1. The topological polar surface area (TPSA) is 127 Å². The van der Waals surface area contributed by atoms with Gasteiger partial charge in [0.1, 0.15) is 0 Å². The smallest absolute Gasteiger partial charge is 0.310 e. The highest BCUT2D eigenvalue weighted by molar-refractivity contribution is 6.35. The quantitative estimate of drug-likeness (QED) is 0.409. The van der Waals surface area contributed by atoms with Crippen molar-refractivity contribution in [2.75, 3.05) is 5.73 Å². The lowest BCUT2D eigenvalue weighted by atomic mass is 9.76. The zero-order chi connectivity index (χ0) is 24.5. The van der Waals surface area contributed by atoms with E-state index in [1.807, 2.05) is 20.8 Å². The van der Waals surface area contributed by atoms with Gasteiger partial charge in [0.2, 0.25) is 17.5 Å². The molecule has 1 aliphatic carbocycles. The van der Waals surface area contributed by atoms with Crippen molar-refractivity contribution < 1.29 is 24.3 Å². The zero-order valence-electron chi connectivity index (χ0n) is 19.4. The number of carboxylic acid groups (broad SMARTS) is 1. The number of hydrogen-bond acceptors (Lipinski definition) is 5. The second-order valence-electron chi connectivity index (χ2n) is 8.78. The predicted octanol–water partition coefficient (Wildman–Crippen LogP) is 4.16.